The summed E-state index contributed by atoms with van der Waals surface area (Å²) in [6.07, 6.45) is -0.0426. The first-order chi connectivity index (χ1) is 16.2. The third kappa shape index (κ3) is 6.23. The topological polar surface area (TPSA) is 54.9 Å². The molecule has 1 aromatic carbocycles. The van der Waals surface area contributed by atoms with Gasteiger partial charge in [-0.15, -0.1) is 0 Å². The van der Waals surface area contributed by atoms with Crippen LogP contribution in [0.25, 0.3) is 0 Å². The first-order valence-corrected chi connectivity index (χ1v) is 11.8. The molecule has 2 aliphatic heterocycles. The molecular formula is C26H33F2N3O3. The maximum atomic E-state index is 13.8. The van der Waals surface area contributed by atoms with Crippen LogP contribution in [0.2, 0.25) is 0 Å². The number of fused-ring (bicyclic) bond motifs is 1. The molecule has 1 saturated heterocycles. The molecule has 0 unspecified atom stereocenters. The van der Waals surface area contributed by atoms with Crippen molar-refractivity contribution in [2.45, 2.75) is 65.3 Å². The minimum atomic E-state index is -2.64. The van der Waals surface area contributed by atoms with Crippen LogP contribution in [0.5, 0.6) is 5.75 Å². The highest BCUT2D eigenvalue weighted by atomic mass is 19.3. The summed E-state index contributed by atoms with van der Waals surface area (Å²) in [5.41, 5.74) is 2.51. The number of carbonyl (C=O) groups excluding carboxylic acids is 1. The van der Waals surface area contributed by atoms with Crippen molar-refractivity contribution in [2.24, 2.45) is 5.92 Å². The molecule has 0 spiro atoms. The molecule has 0 atom stereocenters. The van der Waals surface area contributed by atoms with E-state index in [1.165, 1.54) is 23.4 Å². The van der Waals surface area contributed by atoms with Gasteiger partial charge in [0.15, 0.2) is 0 Å². The number of carbonyl (C=O) groups is 1. The molecule has 0 aliphatic carbocycles. The second-order valence-corrected chi connectivity index (χ2v) is 10.1. The normalized spacial score (nSPS) is 17.2. The van der Waals surface area contributed by atoms with Crippen LogP contribution in [0.15, 0.2) is 36.5 Å². The summed E-state index contributed by atoms with van der Waals surface area (Å²) in [4.78, 5) is 20.5. The van der Waals surface area contributed by atoms with Crippen molar-refractivity contribution in [2.75, 3.05) is 19.7 Å². The minimum Gasteiger partial charge on any atom is -0.491 e. The summed E-state index contributed by atoms with van der Waals surface area (Å²) >= 11 is 0. The summed E-state index contributed by atoms with van der Waals surface area (Å²) in [7, 11) is 0. The molecule has 34 heavy (non-hydrogen) atoms. The summed E-state index contributed by atoms with van der Waals surface area (Å²) in [6, 6.07) is 9.70. The van der Waals surface area contributed by atoms with Gasteiger partial charge in [0.25, 0.3) is 6.43 Å². The molecule has 2 aromatic rings. The Kier molecular flexibility index (Phi) is 7.36. The number of alkyl halides is 2. The van der Waals surface area contributed by atoms with Crippen LogP contribution in [0.1, 0.15) is 62.4 Å². The Hall–Kier alpha value is -2.74. The number of benzene rings is 1. The van der Waals surface area contributed by atoms with Crippen LogP contribution in [0, 0.1) is 5.92 Å². The second kappa shape index (κ2) is 10.3. The molecule has 0 bridgehead atoms. The molecular weight excluding hydrogens is 440 g/mol. The number of piperidine rings is 1. The summed E-state index contributed by atoms with van der Waals surface area (Å²) < 4.78 is 38.8. The lowest BCUT2D eigenvalue weighted by molar-refractivity contribution is 0.0163. The van der Waals surface area contributed by atoms with E-state index in [1.54, 1.807) is 4.90 Å². The van der Waals surface area contributed by atoms with E-state index in [4.69, 9.17) is 9.47 Å². The highest BCUT2D eigenvalue weighted by Crippen LogP contribution is 2.31. The minimum absolute atomic E-state index is 0.118. The van der Waals surface area contributed by atoms with E-state index in [1.807, 2.05) is 32.9 Å². The summed E-state index contributed by atoms with van der Waals surface area (Å²) in [5, 5.41) is 0. The largest absolute Gasteiger partial charge is 0.491 e. The predicted octanol–water partition coefficient (Wildman–Crippen LogP) is 5.56. The van der Waals surface area contributed by atoms with Gasteiger partial charge in [-0.3, -0.25) is 9.88 Å². The van der Waals surface area contributed by atoms with Crippen molar-refractivity contribution in [3.05, 3.63) is 58.9 Å². The standard InChI is InChI=1S/C26H33F2N3O3/c1-26(2,3)34-25(32)31-10-8-18(9-11-31)17-33-23-13-29-21(12-22(23)24(27)28)16-30-14-19-6-4-5-7-20(19)15-30/h4-7,12-13,18,24H,8-11,14-17H2,1-3H3. The van der Waals surface area contributed by atoms with Gasteiger partial charge in [-0.05, 0) is 56.7 Å². The number of likely N-dealkylation sites (tertiary alicyclic amines) is 1. The van der Waals surface area contributed by atoms with Gasteiger partial charge in [0.05, 0.1) is 24.1 Å². The van der Waals surface area contributed by atoms with Crippen LogP contribution >= 0.6 is 0 Å². The number of ether oxygens (including phenoxy) is 2. The monoisotopic (exact) mass is 473 g/mol. The number of pyridine rings is 1. The van der Waals surface area contributed by atoms with Crippen LogP contribution < -0.4 is 4.74 Å². The van der Waals surface area contributed by atoms with E-state index in [-0.39, 0.29) is 23.3 Å². The molecule has 1 fully saturated rings. The van der Waals surface area contributed by atoms with E-state index in [0.29, 0.717) is 31.9 Å². The molecule has 184 valence electrons. The SMILES string of the molecule is CC(C)(C)OC(=O)N1CCC(COc2cnc(CN3Cc4ccccc4C3)cc2C(F)F)CC1. The predicted molar refractivity (Wildman–Crippen MR) is 125 cm³/mol. The molecule has 1 aromatic heterocycles. The maximum Gasteiger partial charge on any atom is 0.410 e. The zero-order valence-corrected chi connectivity index (χ0v) is 20.1. The Labute approximate surface area is 199 Å². The smallest absolute Gasteiger partial charge is 0.410 e. The van der Waals surface area contributed by atoms with E-state index >= 15 is 0 Å². The van der Waals surface area contributed by atoms with Crippen molar-refractivity contribution in [3.8, 4) is 5.75 Å². The van der Waals surface area contributed by atoms with E-state index in [2.05, 4.69) is 22.0 Å². The fraction of sp³-hybridized carbons (Fsp3) is 0.538. The highest BCUT2D eigenvalue weighted by Gasteiger charge is 2.28. The van der Waals surface area contributed by atoms with E-state index in [0.717, 1.165) is 25.9 Å². The van der Waals surface area contributed by atoms with Crippen molar-refractivity contribution < 1.29 is 23.0 Å². The van der Waals surface area contributed by atoms with E-state index in [9.17, 15) is 13.6 Å². The van der Waals surface area contributed by atoms with Gasteiger partial charge in [0, 0.05) is 32.7 Å². The number of nitrogens with zero attached hydrogens (tertiary/aromatic N) is 3. The van der Waals surface area contributed by atoms with Crippen molar-refractivity contribution >= 4 is 6.09 Å². The van der Waals surface area contributed by atoms with Gasteiger partial charge < -0.3 is 14.4 Å². The zero-order chi connectivity index (χ0) is 24.3. The molecule has 2 aliphatic rings. The molecule has 1 amide bonds. The first-order valence-electron chi connectivity index (χ1n) is 11.8. The third-order valence-electron chi connectivity index (χ3n) is 6.22. The Morgan fingerprint density at radius 2 is 1.79 bits per heavy atom. The summed E-state index contributed by atoms with van der Waals surface area (Å²) in [6.45, 7) is 9.09. The fourth-order valence-electron chi connectivity index (χ4n) is 4.44. The van der Waals surface area contributed by atoms with Crippen LogP contribution in [0.4, 0.5) is 13.6 Å². The molecule has 0 radical (unpaired) electrons. The average Bonchev–Trinajstić information content (AvgIpc) is 3.19. The number of aromatic nitrogens is 1. The number of hydrogen-bond donors (Lipinski definition) is 0. The number of amides is 1. The molecule has 0 saturated carbocycles. The molecule has 6 nitrogen and oxygen atoms in total. The van der Waals surface area contributed by atoms with Gasteiger partial charge in [-0.1, -0.05) is 24.3 Å². The number of halogens is 2. The van der Waals surface area contributed by atoms with Crippen molar-refractivity contribution in [1.82, 2.24) is 14.8 Å². The zero-order valence-electron chi connectivity index (χ0n) is 20.1. The van der Waals surface area contributed by atoms with Gasteiger partial charge in [0.2, 0.25) is 0 Å². The Bertz CT molecular complexity index is 976. The van der Waals surface area contributed by atoms with Crippen LogP contribution in [-0.2, 0) is 24.4 Å². The Morgan fingerprint density at radius 3 is 2.38 bits per heavy atom. The van der Waals surface area contributed by atoms with Gasteiger partial charge in [-0.25, -0.2) is 13.6 Å². The van der Waals surface area contributed by atoms with Crippen LogP contribution in [-0.4, -0.2) is 46.2 Å². The number of hydrogen-bond acceptors (Lipinski definition) is 5. The highest BCUT2D eigenvalue weighted by molar-refractivity contribution is 5.68. The van der Waals surface area contributed by atoms with Gasteiger partial charge in [-0.2, -0.15) is 0 Å². The summed E-state index contributed by atoms with van der Waals surface area (Å²) in [5.74, 6) is 0.324. The number of rotatable bonds is 6. The van der Waals surface area contributed by atoms with Crippen molar-refractivity contribution in [3.63, 3.8) is 0 Å². The lowest BCUT2D eigenvalue weighted by Gasteiger charge is -2.33. The van der Waals surface area contributed by atoms with Crippen molar-refractivity contribution in [1.29, 1.82) is 0 Å². The van der Waals surface area contributed by atoms with Gasteiger partial charge in [0.1, 0.15) is 11.4 Å². The third-order valence-corrected chi connectivity index (χ3v) is 6.22. The first kappa shape index (κ1) is 24.4. The van der Waals surface area contributed by atoms with Gasteiger partial charge >= 0.3 is 6.09 Å². The molecule has 3 heterocycles. The Balaban J connectivity index is 1.30. The van der Waals surface area contributed by atoms with E-state index < -0.39 is 12.0 Å². The average molecular weight is 474 g/mol. The quantitative estimate of drug-likeness (QED) is 0.550. The molecule has 0 N–H and O–H groups in total. The Morgan fingerprint density at radius 1 is 1.15 bits per heavy atom. The lowest BCUT2D eigenvalue weighted by atomic mass is 9.98. The maximum absolute atomic E-state index is 13.8. The molecule has 4 rings (SSSR count). The second-order valence-electron chi connectivity index (χ2n) is 10.1. The fourth-order valence-corrected chi connectivity index (χ4v) is 4.44. The molecule has 8 heteroatoms. The van der Waals surface area contributed by atoms with Crippen LogP contribution in [0.3, 0.4) is 0 Å². The lowest BCUT2D eigenvalue weighted by Crippen LogP contribution is -2.42.